The number of hydrogen-bond donors (Lipinski definition) is 1. The normalized spacial score (nSPS) is 10.5. The van der Waals surface area contributed by atoms with Crippen molar-refractivity contribution in [2.75, 3.05) is 5.32 Å². The summed E-state index contributed by atoms with van der Waals surface area (Å²) in [5.41, 5.74) is 1.94. The van der Waals surface area contributed by atoms with Crippen molar-refractivity contribution in [2.24, 2.45) is 0 Å². The lowest BCUT2D eigenvalue weighted by Crippen LogP contribution is -1.92. The van der Waals surface area contributed by atoms with Crippen LogP contribution in [0.25, 0.3) is 11.3 Å². The monoisotopic (exact) mass is 288 g/mol. The van der Waals surface area contributed by atoms with Gasteiger partial charge in [-0.1, -0.05) is 12.1 Å². The van der Waals surface area contributed by atoms with Gasteiger partial charge in [0.2, 0.25) is 0 Å². The van der Waals surface area contributed by atoms with Crippen molar-refractivity contribution in [2.45, 2.75) is 0 Å². The van der Waals surface area contributed by atoms with Crippen LogP contribution < -0.4 is 5.32 Å². The summed E-state index contributed by atoms with van der Waals surface area (Å²) in [6.45, 7) is 0. The summed E-state index contributed by atoms with van der Waals surface area (Å²) in [5.74, 6) is -0.611. The second kappa shape index (κ2) is 5.38. The molecule has 2 nitrogen and oxygen atoms in total. The SMILES string of the molecule is Fc1ccc(-c2csc(Nc3ccccc3F)n2)cc1. The molecule has 0 unspecified atom stereocenters. The van der Waals surface area contributed by atoms with Crippen LogP contribution >= 0.6 is 11.3 Å². The van der Waals surface area contributed by atoms with Crippen molar-refractivity contribution in [1.82, 2.24) is 4.98 Å². The number of halogens is 2. The van der Waals surface area contributed by atoms with Crippen molar-refractivity contribution in [3.8, 4) is 11.3 Å². The minimum Gasteiger partial charge on any atom is -0.329 e. The molecule has 3 rings (SSSR count). The molecule has 5 heteroatoms. The molecule has 0 atom stereocenters. The van der Waals surface area contributed by atoms with Gasteiger partial charge in [-0.2, -0.15) is 0 Å². The van der Waals surface area contributed by atoms with E-state index < -0.39 is 0 Å². The minimum absolute atomic E-state index is 0.284. The zero-order valence-electron chi connectivity index (χ0n) is 10.3. The first kappa shape index (κ1) is 12.7. The van der Waals surface area contributed by atoms with Crippen LogP contribution in [0.15, 0.2) is 53.9 Å². The van der Waals surface area contributed by atoms with Gasteiger partial charge in [0.25, 0.3) is 0 Å². The molecule has 2 aromatic carbocycles. The van der Waals surface area contributed by atoms with Crippen LogP contribution in [0, 0.1) is 11.6 Å². The molecule has 1 aromatic heterocycles. The lowest BCUT2D eigenvalue weighted by atomic mass is 10.2. The Kier molecular flexibility index (Phi) is 3.43. The average molecular weight is 288 g/mol. The highest BCUT2D eigenvalue weighted by atomic mass is 32.1. The van der Waals surface area contributed by atoms with E-state index in [9.17, 15) is 8.78 Å². The fraction of sp³-hybridized carbons (Fsp3) is 0. The Morgan fingerprint density at radius 2 is 1.70 bits per heavy atom. The molecule has 1 heterocycles. The van der Waals surface area contributed by atoms with Gasteiger partial charge >= 0.3 is 0 Å². The third-order valence-corrected chi connectivity index (χ3v) is 3.52. The van der Waals surface area contributed by atoms with E-state index in [0.29, 0.717) is 10.8 Å². The Labute approximate surface area is 118 Å². The summed E-state index contributed by atoms with van der Waals surface area (Å²) < 4.78 is 26.4. The Hall–Kier alpha value is -2.27. The van der Waals surface area contributed by atoms with Crippen molar-refractivity contribution in [1.29, 1.82) is 0 Å². The summed E-state index contributed by atoms with van der Waals surface area (Å²) >= 11 is 1.37. The summed E-state index contributed by atoms with van der Waals surface area (Å²) in [6, 6.07) is 12.5. The van der Waals surface area contributed by atoms with E-state index in [-0.39, 0.29) is 11.6 Å². The number of rotatable bonds is 3. The third kappa shape index (κ3) is 2.67. The fourth-order valence-electron chi connectivity index (χ4n) is 1.76. The molecular formula is C15H10F2N2S. The highest BCUT2D eigenvalue weighted by Gasteiger charge is 2.07. The lowest BCUT2D eigenvalue weighted by molar-refractivity contribution is 0.628. The Morgan fingerprint density at radius 1 is 0.950 bits per heavy atom. The van der Waals surface area contributed by atoms with E-state index in [0.717, 1.165) is 11.3 Å². The van der Waals surface area contributed by atoms with Gasteiger partial charge in [-0.3, -0.25) is 0 Å². The second-order valence-corrected chi connectivity index (χ2v) is 5.01. The number of hydrogen-bond acceptors (Lipinski definition) is 3. The lowest BCUT2D eigenvalue weighted by Gasteiger charge is -2.03. The largest absolute Gasteiger partial charge is 0.329 e. The van der Waals surface area contributed by atoms with Gasteiger partial charge in [-0.05, 0) is 36.4 Å². The van der Waals surface area contributed by atoms with Crippen LogP contribution in [0.5, 0.6) is 0 Å². The minimum atomic E-state index is -0.328. The van der Waals surface area contributed by atoms with Crippen LogP contribution in [0.3, 0.4) is 0 Å². The van der Waals surface area contributed by atoms with Gasteiger partial charge in [-0.25, -0.2) is 13.8 Å². The predicted octanol–water partition coefficient (Wildman–Crippen LogP) is 4.83. The molecule has 0 aliphatic rings. The molecule has 0 aliphatic heterocycles. The van der Waals surface area contributed by atoms with E-state index >= 15 is 0 Å². The summed E-state index contributed by atoms with van der Waals surface area (Å²) in [4.78, 5) is 4.36. The quantitative estimate of drug-likeness (QED) is 0.746. The van der Waals surface area contributed by atoms with Crippen LogP contribution in [0.1, 0.15) is 0 Å². The molecule has 100 valence electrons. The van der Waals surface area contributed by atoms with Gasteiger partial charge < -0.3 is 5.32 Å². The van der Waals surface area contributed by atoms with Crippen LogP contribution in [-0.4, -0.2) is 4.98 Å². The first-order valence-electron chi connectivity index (χ1n) is 5.95. The van der Waals surface area contributed by atoms with Crippen molar-refractivity contribution >= 4 is 22.2 Å². The molecule has 0 spiro atoms. The van der Waals surface area contributed by atoms with Crippen molar-refractivity contribution in [3.05, 3.63) is 65.5 Å². The number of nitrogens with one attached hydrogen (secondary N) is 1. The molecule has 1 N–H and O–H groups in total. The molecule has 0 amide bonds. The van der Waals surface area contributed by atoms with Crippen LogP contribution in [0.2, 0.25) is 0 Å². The van der Waals surface area contributed by atoms with Gasteiger partial charge in [0.1, 0.15) is 11.6 Å². The first-order valence-corrected chi connectivity index (χ1v) is 6.83. The molecule has 0 bridgehead atoms. The smallest absolute Gasteiger partial charge is 0.187 e. The van der Waals surface area contributed by atoms with E-state index in [1.165, 1.54) is 29.5 Å². The molecular weight excluding hydrogens is 278 g/mol. The molecule has 20 heavy (non-hydrogen) atoms. The van der Waals surface area contributed by atoms with E-state index in [2.05, 4.69) is 10.3 Å². The maximum atomic E-state index is 13.5. The van der Waals surface area contributed by atoms with Gasteiger partial charge in [0.15, 0.2) is 5.13 Å². The number of para-hydroxylation sites is 1. The van der Waals surface area contributed by atoms with Gasteiger partial charge in [-0.15, -0.1) is 11.3 Å². The first-order chi connectivity index (χ1) is 9.72. The highest BCUT2D eigenvalue weighted by molar-refractivity contribution is 7.14. The Balaban J connectivity index is 1.84. The van der Waals surface area contributed by atoms with Gasteiger partial charge in [0.05, 0.1) is 11.4 Å². The van der Waals surface area contributed by atoms with E-state index in [1.54, 1.807) is 30.3 Å². The number of benzene rings is 2. The molecule has 0 aliphatic carbocycles. The Bertz CT molecular complexity index is 723. The zero-order valence-corrected chi connectivity index (χ0v) is 11.1. The number of nitrogens with zero attached hydrogens (tertiary/aromatic N) is 1. The van der Waals surface area contributed by atoms with E-state index in [4.69, 9.17) is 0 Å². The van der Waals surface area contributed by atoms with E-state index in [1.807, 2.05) is 5.38 Å². The third-order valence-electron chi connectivity index (χ3n) is 2.76. The van der Waals surface area contributed by atoms with Crippen LogP contribution in [0.4, 0.5) is 19.6 Å². The summed E-state index contributed by atoms with van der Waals surface area (Å²) in [6.07, 6.45) is 0. The number of anilines is 2. The second-order valence-electron chi connectivity index (χ2n) is 4.15. The number of thiazole rings is 1. The van der Waals surface area contributed by atoms with Crippen LogP contribution in [-0.2, 0) is 0 Å². The van der Waals surface area contributed by atoms with Crippen molar-refractivity contribution < 1.29 is 8.78 Å². The van der Waals surface area contributed by atoms with Crippen molar-refractivity contribution in [3.63, 3.8) is 0 Å². The maximum Gasteiger partial charge on any atom is 0.187 e. The Morgan fingerprint density at radius 3 is 2.45 bits per heavy atom. The summed E-state index contributed by atoms with van der Waals surface area (Å²) in [5, 5.41) is 5.37. The maximum absolute atomic E-state index is 13.5. The topological polar surface area (TPSA) is 24.9 Å². The molecule has 0 radical (unpaired) electrons. The molecule has 3 aromatic rings. The predicted molar refractivity (Wildman–Crippen MR) is 77.2 cm³/mol. The van der Waals surface area contributed by atoms with Gasteiger partial charge in [0, 0.05) is 10.9 Å². The molecule has 0 saturated carbocycles. The molecule has 0 fully saturated rings. The number of aromatic nitrogens is 1. The zero-order chi connectivity index (χ0) is 13.9. The average Bonchev–Trinajstić information content (AvgIpc) is 2.91. The summed E-state index contributed by atoms with van der Waals surface area (Å²) in [7, 11) is 0. The highest BCUT2D eigenvalue weighted by Crippen LogP contribution is 2.28. The fourth-order valence-corrected chi connectivity index (χ4v) is 2.49. The standard InChI is InChI=1S/C15H10F2N2S/c16-11-7-5-10(6-8-11)14-9-20-15(19-14)18-13-4-2-1-3-12(13)17/h1-9H,(H,18,19). The molecule has 0 saturated heterocycles.